The number of rotatable bonds is 3. The number of carbonyl (C=O) groups excluding carboxylic acids is 1. The van der Waals surface area contributed by atoms with E-state index in [1.54, 1.807) is 0 Å². The van der Waals surface area contributed by atoms with Crippen LogP contribution in [0.1, 0.15) is 32.6 Å². The summed E-state index contributed by atoms with van der Waals surface area (Å²) in [6.45, 7) is 5.93. The van der Waals surface area contributed by atoms with Crippen LogP contribution in [0.15, 0.2) is 28.7 Å². The van der Waals surface area contributed by atoms with Crippen LogP contribution in [0, 0.1) is 5.92 Å². The molecule has 2 heterocycles. The van der Waals surface area contributed by atoms with Crippen molar-refractivity contribution < 1.29 is 4.79 Å². The van der Waals surface area contributed by atoms with Gasteiger partial charge in [-0.15, -0.1) is 0 Å². The van der Waals surface area contributed by atoms with Gasteiger partial charge in [0.1, 0.15) is 0 Å². The van der Waals surface area contributed by atoms with Crippen molar-refractivity contribution in [1.82, 2.24) is 10.2 Å². The first-order valence-corrected chi connectivity index (χ1v) is 9.48. The number of hydrogen-bond acceptors (Lipinski definition) is 2. The minimum Gasteiger partial charge on any atom is -0.371 e. The molecule has 0 bridgehead atoms. The Kier molecular flexibility index (Phi) is 5.46. The highest BCUT2D eigenvalue weighted by molar-refractivity contribution is 9.10. The van der Waals surface area contributed by atoms with Crippen molar-refractivity contribution in [2.24, 2.45) is 5.92 Å². The molecule has 2 atom stereocenters. The van der Waals surface area contributed by atoms with Gasteiger partial charge in [-0.05, 0) is 56.7 Å². The third-order valence-electron chi connectivity index (χ3n) is 5.06. The van der Waals surface area contributed by atoms with E-state index in [4.69, 9.17) is 0 Å². The quantitative estimate of drug-likeness (QED) is 0.865. The van der Waals surface area contributed by atoms with Crippen molar-refractivity contribution in [3.05, 3.63) is 28.7 Å². The fourth-order valence-electron chi connectivity index (χ4n) is 3.64. The number of piperidine rings is 1. The highest BCUT2D eigenvalue weighted by Crippen LogP contribution is 2.26. The Balaban J connectivity index is 1.47. The van der Waals surface area contributed by atoms with Crippen LogP contribution in [-0.4, -0.2) is 43.2 Å². The lowest BCUT2D eigenvalue weighted by atomic mass is 10.0. The Bertz CT molecular complexity index is 551. The van der Waals surface area contributed by atoms with Gasteiger partial charge in [0.25, 0.3) is 0 Å². The van der Waals surface area contributed by atoms with Gasteiger partial charge in [0, 0.05) is 42.4 Å². The van der Waals surface area contributed by atoms with E-state index in [1.165, 1.54) is 12.1 Å². The summed E-state index contributed by atoms with van der Waals surface area (Å²) in [6, 6.07) is 8.95. The van der Waals surface area contributed by atoms with E-state index in [0.717, 1.165) is 49.9 Å². The molecule has 0 radical (unpaired) electrons. The first kappa shape index (κ1) is 16.6. The Labute approximate surface area is 147 Å². The number of amides is 2. The van der Waals surface area contributed by atoms with Crippen molar-refractivity contribution in [3.8, 4) is 0 Å². The van der Waals surface area contributed by atoms with Gasteiger partial charge in [0.05, 0.1) is 0 Å². The molecule has 1 aromatic carbocycles. The van der Waals surface area contributed by atoms with E-state index in [-0.39, 0.29) is 6.03 Å². The summed E-state index contributed by atoms with van der Waals surface area (Å²) >= 11 is 3.53. The minimum absolute atomic E-state index is 0.123. The molecule has 2 aliphatic rings. The average Bonchev–Trinajstić information content (AvgIpc) is 3.02. The molecule has 2 unspecified atom stereocenters. The van der Waals surface area contributed by atoms with Gasteiger partial charge in [-0.3, -0.25) is 0 Å². The summed E-state index contributed by atoms with van der Waals surface area (Å²) < 4.78 is 1.12. The fraction of sp³-hybridized carbons (Fsp3) is 0.611. The number of nitrogens with one attached hydrogen (secondary N) is 1. The maximum Gasteiger partial charge on any atom is 0.317 e. The standard InChI is InChI=1S/C18H26BrN3O/c1-14-5-2-3-9-22(14)18(23)20-12-15-8-10-21(13-15)17-7-4-6-16(19)11-17/h4,6-7,11,14-15H,2-3,5,8-10,12-13H2,1H3,(H,20,23). The first-order valence-electron chi connectivity index (χ1n) is 8.68. The van der Waals surface area contributed by atoms with Gasteiger partial charge < -0.3 is 15.1 Å². The van der Waals surface area contributed by atoms with E-state index >= 15 is 0 Å². The maximum absolute atomic E-state index is 12.4. The van der Waals surface area contributed by atoms with Crippen LogP contribution < -0.4 is 10.2 Å². The molecule has 2 saturated heterocycles. The molecule has 0 spiro atoms. The molecular formula is C18H26BrN3O. The van der Waals surface area contributed by atoms with Crippen molar-refractivity contribution >= 4 is 27.6 Å². The molecule has 0 saturated carbocycles. The van der Waals surface area contributed by atoms with Crippen LogP contribution in [0.2, 0.25) is 0 Å². The number of carbonyl (C=O) groups is 1. The van der Waals surface area contributed by atoms with Crippen LogP contribution in [0.3, 0.4) is 0 Å². The van der Waals surface area contributed by atoms with Crippen LogP contribution in [0.4, 0.5) is 10.5 Å². The molecule has 4 nitrogen and oxygen atoms in total. The monoisotopic (exact) mass is 379 g/mol. The zero-order valence-corrected chi connectivity index (χ0v) is 15.4. The third kappa shape index (κ3) is 4.19. The summed E-state index contributed by atoms with van der Waals surface area (Å²) in [6.07, 6.45) is 4.66. The van der Waals surface area contributed by atoms with Gasteiger partial charge in [0.15, 0.2) is 0 Å². The molecule has 2 fully saturated rings. The lowest BCUT2D eigenvalue weighted by molar-refractivity contribution is 0.157. The summed E-state index contributed by atoms with van der Waals surface area (Å²) in [7, 11) is 0. The molecule has 3 rings (SSSR count). The molecule has 2 amide bonds. The van der Waals surface area contributed by atoms with Crippen LogP contribution in [-0.2, 0) is 0 Å². The van der Waals surface area contributed by atoms with Gasteiger partial charge >= 0.3 is 6.03 Å². The number of hydrogen-bond donors (Lipinski definition) is 1. The summed E-state index contributed by atoms with van der Waals surface area (Å²) in [5.74, 6) is 0.540. The van der Waals surface area contributed by atoms with Crippen molar-refractivity contribution in [2.75, 3.05) is 31.1 Å². The zero-order chi connectivity index (χ0) is 16.2. The van der Waals surface area contributed by atoms with Gasteiger partial charge in [-0.1, -0.05) is 22.0 Å². The molecule has 1 aromatic rings. The number of nitrogens with zero attached hydrogens (tertiary/aromatic N) is 2. The molecule has 23 heavy (non-hydrogen) atoms. The van der Waals surface area contributed by atoms with Gasteiger partial charge in [0.2, 0.25) is 0 Å². The SMILES string of the molecule is CC1CCCCN1C(=O)NCC1CCN(c2cccc(Br)c2)C1. The predicted octanol–water partition coefficient (Wildman–Crippen LogP) is 3.86. The summed E-state index contributed by atoms with van der Waals surface area (Å²) in [4.78, 5) is 16.8. The topological polar surface area (TPSA) is 35.6 Å². The minimum atomic E-state index is 0.123. The van der Waals surface area contributed by atoms with E-state index in [1.807, 2.05) is 4.90 Å². The Morgan fingerprint density at radius 2 is 2.17 bits per heavy atom. The lowest BCUT2D eigenvalue weighted by Gasteiger charge is -2.33. The van der Waals surface area contributed by atoms with Gasteiger partial charge in [-0.2, -0.15) is 0 Å². The molecule has 0 aliphatic carbocycles. The van der Waals surface area contributed by atoms with Crippen molar-refractivity contribution in [3.63, 3.8) is 0 Å². The lowest BCUT2D eigenvalue weighted by Crippen LogP contribution is -2.48. The number of benzene rings is 1. The molecule has 1 N–H and O–H groups in total. The largest absolute Gasteiger partial charge is 0.371 e. The third-order valence-corrected chi connectivity index (χ3v) is 5.56. The average molecular weight is 380 g/mol. The molecule has 2 aliphatic heterocycles. The van der Waals surface area contributed by atoms with E-state index in [2.05, 4.69) is 57.3 Å². The first-order chi connectivity index (χ1) is 11.1. The van der Waals surface area contributed by atoms with Crippen molar-refractivity contribution in [1.29, 1.82) is 0 Å². The Morgan fingerprint density at radius 3 is 2.96 bits per heavy atom. The number of urea groups is 1. The predicted molar refractivity (Wildman–Crippen MR) is 97.9 cm³/mol. The second-order valence-corrected chi connectivity index (χ2v) is 7.72. The molecule has 126 valence electrons. The molecule has 0 aromatic heterocycles. The smallest absolute Gasteiger partial charge is 0.317 e. The summed E-state index contributed by atoms with van der Waals surface area (Å²) in [5.41, 5.74) is 1.26. The zero-order valence-electron chi connectivity index (χ0n) is 13.8. The number of halogens is 1. The van der Waals surface area contributed by atoms with Crippen LogP contribution in [0.25, 0.3) is 0 Å². The maximum atomic E-state index is 12.4. The number of likely N-dealkylation sites (tertiary alicyclic amines) is 1. The molecular weight excluding hydrogens is 354 g/mol. The second-order valence-electron chi connectivity index (χ2n) is 6.80. The highest BCUT2D eigenvalue weighted by Gasteiger charge is 2.26. The van der Waals surface area contributed by atoms with E-state index in [0.29, 0.717) is 12.0 Å². The fourth-order valence-corrected chi connectivity index (χ4v) is 4.03. The van der Waals surface area contributed by atoms with E-state index in [9.17, 15) is 4.79 Å². The normalized spacial score (nSPS) is 24.8. The molecule has 5 heteroatoms. The Morgan fingerprint density at radius 1 is 1.30 bits per heavy atom. The van der Waals surface area contributed by atoms with Crippen LogP contribution >= 0.6 is 15.9 Å². The highest BCUT2D eigenvalue weighted by atomic mass is 79.9. The Hall–Kier alpha value is -1.23. The second kappa shape index (κ2) is 7.56. The van der Waals surface area contributed by atoms with E-state index < -0.39 is 0 Å². The van der Waals surface area contributed by atoms with Crippen LogP contribution in [0.5, 0.6) is 0 Å². The van der Waals surface area contributed by atoms with Crippen molar-refractivity contribution in [2.45, 2.75) is 38.6 Å². The summed E-state index contributed by atoms with van der Waals surface area (Å²) in [5, 5.41) is 3.16. The number of anilines is 1. The van der Waals surface area contributed by atoms with Gasteiger partial charge in [-0.25, -0.2) is 4.79 Å².